The van der Waals surface area contributed by atoms with Crippen LogP contribution in [0.3, 0.4) is 0 Å². The monoisotopic (exact) mass is 502 g/mol. The molecule has 2 atom stereocenters. The Morgan fingerprint density at radius 3 is 2.78 bits per heavy atom. The van der Waals surface area contributed by atoms with Gasteiger partial charge in [0, 0.05) is 29.6 Å². The average molecular weight is 503 g/mol. The van der Waals surface area contributed by atoms with Gasteiger partial charge in [0.2, 0.25) is 0 Å². The fraction of sp³-hybridized carbons (Fsp3) is 0.448. The van der Waals surface area contributed by atoms with E-state index in [9.17, 15) is 14.7 Å². The van der Waals surface area contributed by atoms with Crippen LogP contribution in [0.2, 0.25) is 0 Å². The number of fused-ring (bicyclic) bond motifs is 4. The lowest BCUT2D eigenvalue weighted by molar-refractivity contribution is -0.133. The second-order valence-electron chi connectivity index (χ2n) is 10.7. The van der Waals surface area contributed by atoms with Gasteiger partial charge in [-0.1, -0.05) is 12.1 Å². The van der Waals surface area contributed by atoms with Crippen LogP contribution in [0.4, 0.5) is 4.79 Å². The summed E-state index contributed by atoms with van der Waals surface area (Å²) >= 11 is 0. The van der Waals surface area contributed by atoms with Crippen LogP contribution in [0.15, 0.2) is 42.5 Å². The molecule has 3 N–H and O–H groups in total. The summed E-state index contributed by atoms with van der Waals surface area (Å²) in [6.45, 7) is 6.57. The Morgan fingerprint density at radius 2 is 2.03 bits per heavy atom. The summed E-state index contributed by atoms with van der Waals surface area (Å²) in [6, 6.07) is 12.1. The van der Waals surface area contributed by atoms with E-state index in [1.807, 2.05) is 38.1 Å². The Bertz CT molecular complexity index is 1360. The van der Waals surface area contributed by atoms with Gasteiger partial charge in [-0.3, -0.25) is 14.6 Å². The molecule has 2 aliphatic heterocycles. The second kappa shape index (κ2) is 9.10. The molecule has 8 heteroatoms. The number of amides is 3. The van der Waals surface area contributed by atoms with Gasteiger partial charge in [-0.05, 0) is 93.6 Å². The van der Waals surface area contributed by atoms with Crippen molar-refractivity contribution in [3.05, 3.63) is 59.3 Å². The third-order valence-corrected chi connectivity index (χ3v) is 8.00. The molecule has 3 amide bonds. The SMILES string of the molecule is CCOc1ccc2[nH]c3c(c2c1)C[C@@]1(C)C(=O)N(CCCNCC2CC2)C(=O)N1[C@@H]3c1cccc(O)c1. The molecule has 1 aliphatic carbocycles. The van der Waals surface area contributed by atoms with Crippen molar-refractivity contribution in [3.8, 4) is 11.5 Å². The minimum Gasteiger partial charge on any atom is -0.508 e. The first kappa shape index (κ1) is 23.9. The van der Waals surface area contributed by atoms with Crippen LogP contribution in [-0.4, -0.2) is 63.6 Å². The molecule has 3 aliphatic rings. The Morgan fingerprint density at radius 1 is 1.19 bits per heavy atom. The van der Waals surface area contributed by atoms with Crippen molar-refractivity contribution in [1.82, 2.24) is 20.1 Å². The van der Waals surface area contributed by atoms with E-state index >= 15 is 0 Å². The minimum atomic E-state index is -1.03. The van der Waals surface area contributed by atoms with Gasteiger partial charge in [0.05, 0.1) is 6.61 Å². The number of aromatic amines is 1. The number of urea groups is 1. The first-order valence-electron chi connectivity index (χ1n) is 13.3. The predicted molar refractivity (Wildman–Crippen MR) is 141 cm³/mol. The molecule has 2 fully saturated rings. The van der Waals surface area contributed by atoms with Crippen molar-refractivity contribution >= 4 is 22.8 Å². The smallest absolute Gasteiger partial charge is 0.328 e. The molecule has 194 valence electrons. The van der Waals surface area contributed by atoms with Crippen LogP contribution < -0.4 is 10.1 Å². The van der Waals surface area contributed by atoms with Gasteiger partial charge >= 0.3 is 6.03 Å². The summed E-state index contributed by atoms with van der Waals surface area (Å²) < 4.78 is 5.76. The van der Waals surface area contributed by atoms with Crippen LogP contribution in [0.25, 0.3) is 10.9 Å². The molecular weight excluding hydrogens is 468 g/mol. The Kier molecular flexibility index (Phi) is 5.87. The number of imide groups is 1. The molecule has 0 radical (unpaired) electrons. The summed E-state index contributed by atoms with van der Waals surface area (Å²) in [6.07, 6.45) is 3.71. The van der Waals surface area contributed by atoms with Crippen LogP contribution >= 0.6 is 0 Å². The maximum absolute atomic E-state index is 13.9. The van der Waals surface area contributed by atoms with Crippen molar-refractivity contribution in [2.75, 3.05) is 26.2 Å². The summed E-state index contributed by atoms with van der Waals surface area (Å²) in [7, 11) is 0. The minimum absolute atomic E-state index is 0.123. The van der Waals surface area contributed by atoms with Crippen LogP contribution in [0.5, 0.6) is 11.5 Å². The number of phenolic OH excluding ortho intramolecular Hbond substituents is 1. The zero-order valence-electron chi connectivity index (χ0n) is 21.4. The number of phenols is 1. The lowest BCUT2D eigenvalue weighted by Crippen LogP contribution is -2.53. The van der Waals surface area contributed by atoms with Gasteiger partial charge in [-0.25, -0.2) is 4.79 Å². The van der Waals surface area contributed by atoms with E-state index in [1.165, 1.54) is 17.7 Å². The van der Waals surface area contributed by atoms with Crippen LogP contribution in [0.1, 0.15) is 56.0 Å². The number of hydrogen-bond donors (Lipinski definition) is 3. The molecule has 37 heavy (non-hydrogen) atoms. The van der Waals surface area contributed by atoms with E-state index in [1.54, 1.807) is 23.1 Å². The van der Waals surface area contributed by atoms with Gasteiger partial charge in [0.25, 0.3) is 5.91 Å². The van der Waals surface area contributed by atoms with Gasteiger partial charge in [0.1, 0.15) is 23.1 Å². The topological polar surface area (TPSA) is 97.9 Å². The molecule has 1 saturated heterocycles. The first-order valence-corrected chi connectivity index (χ1v) is 13.3. The number of aromatic hydroxyl groups is 1. The van der Waals surface area contributed by atoms with Gasteiger partial charge < -0.3 is 20.1 Å². The lowest BCUT2D eigenvalue weighted by atomic mass is 9.81. The predicted octanol–water partition coefficient (Wildman–Crippen LogP) is 4.33. The van der Waals surface area contributed by atoms with Crippen molar-refractivity contribution < 1.29 is 19.4 Å². The molecule has 3 heterocycles. The highest BCUT2D eigenvalue weighted by atomic mass is 16.5. The van der Waals surface area contributed by atoms with Crippen LogP contribution in [0, 0.1) is 5.92 Å². The van der Waals surface area contributed by atoms with E-state index < -0.39 is 11.6 Å². The summed E-state index contributed by atoms with van der Waals surface area (Å²) in [5.74, 6) is 1.52. The number of ether oxygens (including phenoxy) is 1. The third-order valence-electron chi connectivity index (χ3n) is 8.00. The largest absolute Gasteiger partial charge is 0.508 e. The van der Waals surface area contributed by atoms with Crippen LogP contribution in [-0.2, 0) is 11.2 Å². The number of carbonyl (C=O) groups excluding carboxylic acids is 2. The highest BCUT2D eigenvalue weighted by Crippen LogP contribution is 2.49. The molecule has 8 nitrogen and oxygen atoms in total. The fourth-order valence-electron chi connectivity index (χ4n) is 5.98. The molecule has 6 rings (SSSR count). The summed E-state index contributed by atoms with van der Waals surface area (Å²) in [5.41, 5.74) is 2.55. The number of H-pyrrole nitrogens is 1. The number of hydrogen-bond acceptors (Lipinski definition) is 5. The Labute approximate surface area is 216 Å². The zero-order chi connectivity index (χ0) is 25.7. The van der Waals surface area contributed by atoms with E-state index in [0.717, 1.165) is 58.9 Å². The highest BCUT2D eigenvalue weighted by Gasteiger charge is 2.60. The van der Waals surface area contributed by atoms with E-state index in [4.69, 9.17) is 4.74 Å². The Balaban J connectivity index is 1.39. The number of nitrogens with one attached hydrogen (secondary N) is 2. The van der Waals surface area contributed by atoms with Crippen molar-refractivity contribution in [2.45, 2.75) is 51.1 Å². The number of rotatable bonds is 9. The van der Waals surface area contributed by atoms with E-state index in [2.05, 4.69) is 10.3 Å². The fourth-order valence-corrected chi connectivity index (χ4v) is 5.98. The molecule has 1 aromatic heterocycles. The number of nitrogens with zero attached hydrogens (tertiary/aromatic N) is 2. The number of benzene rings is 2. The molecule has 3 aromatic rings. The van der Waals surface area contributed by atoms with E-state index in [-0.39, 0.29) is 17.7 Å². The molecule has 1 saturated carbocycles. The molecule has 0 spiro atoms. The second-order valence-corrected chi connectivity index (χ2v) is 10.7. The first-order chi connectivity index (χ1) is 17.9. The number of aromatic nitrogens is 1. The maximum Gasteiger partial charge on any atom is 0.328 e. The third kappa shape index (κ3) is 4.03. The van der Waals surface area contributed by atoms with Gasteiger partial charge in [0.15, 0.2) is 0 Å². The average Bonchev–Trinajstić information content (AvgIpc) is 3.61. The molecule has 2 aromatic carbocycles. The molecule has 0 bridgehead atoms. The Hall–Kier alpha value is -3.52. The lowest BCUT2D eigenvalue weighted by Gasteiger charge is -2.42. The van der Waals surface area contributed by atoms with Gasteiger partial charge in [-0.2, -0.15) is 0 Å². The van der Waals surface area contributed by atoms with Crippen molar-refractivity contribution in [2.24, 2.45) is 5.92 Å². The summed E-state index contributed by atoms with van der Waals surface area (Å²) in [4.78, 5) is 34.5. The van der Waals surface area contributed by atoms with Crippen molar-refractivity contribution in [1.29, 1.82) is 0 Å². The standard InChI is InChI=1S/C29H34N4O4/c1-3-37-21-10-11-24-22(15-21)23-16-29(2)27(35)32(13-5-12-30-17-18-8-9-18)28(36)33(29)26(25(23)31-24)19-6-4-7-20(34)14-19/h4,6-7,10-11,14-15,18,26,30-31,34H,3,5,8-9,12-13,16-17H2,1-2H3/t26-,29+/m1/s1. The molecule has 0 unspecified atom stereocenters. The maximum atomic E-state index is 13.9. The normalized spacial score (nSPS) is 23.0. The highest BCUT2D eigenvalue weighted by molar-refractivity contribution is 6.08. The molecular formula is C29H34N4O4. The number of carbonyl (C=O) groups is 2. The summed E-state index contributed by atoms with van der Waals surface area (Å²) in [5, 5.41) is 14.7. The van der Waals surface area contributed by atoms with Crippen molar-refractivity contribution in [3.63, 3.8) is 0 Å². The zero-order valence-corrected chi connectivity index (χ0v) is 21.4. The van der Waals surface area contributed by atoms with Gasteiger partial charge in [-0.15, -0.1) is 0 Å². The quantitative estimate of drug-likeness (QED) is 0.299. The van der Waals surface area contributed by atoms with E-state index in [0.29, 0.717) is 19.6 Å².